The number of aryl methyl sites for hydroxylation is 3. The molecule has 10 aromatic rings. The molecule has 18 rings (SSSR count). The standard InChI is InChI=1S/C27H25FN4O.C26H24N4O.C22H23N3O3.C20H21N3O/c1-15-14-30-12-11-17(15)26-31-23(18-7-5-6-8-21(18)28)19-9-10-20-16(2)24(33)22(29-4)13-27(20,3)25(19)32-26;1-16-20-10-9-19-22(17-7-5-4-6-8-17)29-25(18-11-13-28-14-12-18)30-24(19)26(20,2)15-21(27-3)23(16)31;1-13-15-5-6-16-21(2,10-7-17(26)22(16,3)20(27)28-4)18(15)25-19(24-13)14-8-11-23-12-9-14;1-12-16-5-4-15-13(2)22-19(14-7-10-21-11-8-14)23-18(15)20(16,3)9-6-17(12)24/h5-8,11-12,14,16,20,33H,9-10,13H2,1-3H3;4-8,11-14,16,20,31H,9-10,15H2,1-2H3;7-12,16H,5-6H2,1-4H3;6-12,16H,4-5H2,1-3H3/t16-,20-,27-;16-,20+,26-;16-,21+,22+;12-,16-,20-/m1101/s1. The van der Waals surface area contributed by atoms with Crippen LogP contribution in [0.1, 0.15) is 156 Å². The highest BCUT2D eigenvalue weighted by Crippen LogP contribution is 2.58. The minimum absolute atomic E-state index is 0.0489. The Morgan fingerprint density at radius 2 is 0.931 bits per heavy atom. The SMILES string of the molecule is COC(=O)[C@@]1(C)C(=O)C=C[C@@]2(C)c3nc(-c4ccncc4)nc(C)c3CC[C@H]12.Cc1nc(-c2ccncc2)nc2c1CC[C@@H]1[C@@H](C)C(=O)C=C[C@@]21C.[C-]#[N+]C1=C(O)[C@H](C)[C@@H]2CCc3c(-c4ccccc4)nc(-c4ccncc4)nc3[C@]2(C)C1.[C-]#[N+]C1=C(O)[C@H](C)[C@H]2CCc3c(-c4ccccc4F)nc(-c4ccncc4C)nc3[C@]2(C)C1. The molecule has 2 aromatic carbocycles. The maximum atomic E-state index is 15.0. The van der Waals surface area contributed by atoms with Gasteiger partial charge in [0, 0.05) is 145 Å². The van der Waals surface area contributed by atoms with E-state index in [-0.39, 0.29) is 75.2 Å². The van der Waals surface area contributed by atoms with Crippen LogP contribution < -0.4 is 0 Å². The molecule has 0 saturated heterocycles. The average molecular weight is 1550 g/mol. The fourth-order valence-electron chi connectivity index (χ4n) is 20.4. The monoisotopic (exact) mass is 1540 g/mol. The summed E-state index contributed by atoms with van der Waals surface area (Å²) >= 11 is 0. The predicted octanol–water partition coefficient (Wildman–Crippen LogP) is 18.4. The lowest BCUT2D eigenvalue weighted by Crippen LogP contribution is -2.55. The van der Waals surface area contributed by atoms with Gasteiger partial charge in [0.25, 0.3) is 0 Å². The number of esters is 1. The number of hydrogen-bond acceptors (Lipinski definition) is 18. The van der Waals surface area contributed by atoms with E-state index in [1.54, 1.807) is 74.7 Å². The minimum Gasteiger partial charge on any atom is -0.523 e. The van der Waals surface area contributed by atoms with Gasteiger partial charge in [-0.15, -0.1) is 0 Å². The number of aromatic nitrogens is 12. The van der Waals surface area contributed by atoms with Crippen LogP contribution in [0.3, 0.4) is 0 Å². The number of hydrogen-bond donors (Lipinski definition) is 2. The number of halogens is 1. The predicted molar refractivity (Wildman–Crippen MR) is 440 cm³/mol. The highest BCUT2D eigenvalue weighted by atomic mass is 19.1. The Morgan fingerprint density at radius 3 is 1.46 bits per heavy atom. The molecule has 116 heavy (non-hydrogen) atoms. The topological polar surface area (TPSA) is 264 Å². The lowest BCUT2D eigenvalue weighted by molar-refractivity contribution is -0.162. The number of benzene rings is 2. The summed E-state index contributed by atoms with van der Waals surface area (Å²) < 4.78 is 20.0. The minimum atomic E-state index is -1.22. The molecule has 2 N–H and O–H groups in total. The summed E-state index contributed by atoms with van der Waals surface area (Å²) in [5.41, 5.74) is 16.1. The normalized spacial score (nSPS) is 26.2. The fraction of sp³-hybridized carbons (Fsp3) is 0.358. The van der Waals surface area contributed by atoms with Crippen LogP contribution in [0.2, 0.25) is 0 Å². The summed E-state index contributed by atoms with van der Waals surface area (Å²) in [6.45, 7) is 37.7. The van der Waals surface area contributed by atoms with Gasteiger partial charge in [-0.05, 0) is 199 Å². The maximum absolute atomic E-state index is 15.0. The summed E-state index contributed by atoms with van der Waals surface area (Å²) in [4.78, 5) is 101. The fourth-order valence-corrected chi connectivity index (χ4v) is 20.4. The lowest BCUT2D eigenvalue weighted by atomic mass is 9.53. The second-order valence-corrected chi connectivity index (χ2v) is 33.3. The number of aliphatic hydroxyl groups is 2. The molecule has 8 aliphatic carbocycles. The second-order valence-electron chi connectivity index (χ2n) is 33.3. The van der Waals surface area contributed by atoms with Gasteiger partial charge >= 0.3 is 5.97 Å². The molecule has 0 unspecified atom stereocenters. The van der Waals surface area contributed by atoms with E-state index >= 15 is 0 Å². The van der Waals surface area contributed by atoms with Crippen LogP contribution in [0, 0.1) is 86.6 Å². The van der Waals surface area contributed by atoms with Crippen molar-refractivity contribution in [1.29, 1.82) is 0 Å². The highest BCUT2D eigenvalue weighted by Gasteiger charge is 2.60. The zero-order chi connectivity index (χ0) is 81.9. The van der Waals surface area contributed by atoms with Crippen LogP contribution in [-0.4, -0.2) is 94.7 Å². The Bertz CT molecular complexity index is 5810. The molecule has 20 nitrogen and oxygen atoms in total. The van der Waals surface area contributed by atoms with Crippen LogP contribution in [0.25, 0.3) is 77.8 Å². The first kappa shape index (κ1) is 78.9. The average Bonchev–Trinajstić information content (AvgIpc) is 0.731. The van der Waals surface area contributed by atoms with Crippen molar-refractivity contribution in [3.05, 3.63) is 284 Å². The van der Waals surface area contributed by atoms with Gasteiger partial charge in [-0.2, -0.15) is 0 Å². The summed E-state index contributed by atoms with van der Waals surface area (Å²) in [6.07, 6.45) is 28.8. The van der Waals surface area contributed by atoms with Crippen LogP contribution in [0.4, 0.5) is 4.39 Å². The van der Waals surface area contributed by atoms with E-state index in [9.17, 15) is 29.0 Å². The van der Waals surface area contributed by atoms with Crippen LogP contribution in [0.5, 0.6) is 0 Å². The second kappa shape index (κ2) is 31.1. The molecule has 0 aliphatic heterocycles. The zero-order valence-corrected chi connectivity index (χ0v) is 67.4. The number of carbonyl (C=O) groups is 3. The Labute approximate surface area is 676 Å². The number of ether oxygens (including phenoxy) is 1. The number of aliphatic hydroxyl groups excluding tert-OH is 2. The van der Waals surface area contributed by atoms with E-state index in [4.69, 9.17) is 57.8 Å². The molecule has 586 valence electrons. The first-order valence-electron chi connectivity index (χ1n) is 39.9. The van der Waals surface area contributed by atoms with E-state index in [2.05, 4.69) is 89.4 Å². The molecule has 8 aromatic heterocycles. The molecular formula is C95H93FN14O6. The molecule has 0 amide bonds. The van der Waals surface area contributed by atoms with Gasteiger partial charge in [-0.25, -0.2) is 54.0 Å². The quantitative estimate of drug-likeness (QED) is 0.0853. The molecule has 0 saturated carbocycles. The number of ketones is 2. The third-order valence-electron chi connectivity index (χ3n) is 26.8. The van der Waals surface area contributed by atoms with Crippen molar-refractivity contribution in [1.82, 2.24) is 59.8 Å². The highest BCUT2D eigenvalue weighted by molar-refractivity contribution is 6.10. The number of fused-ring (bicyclic) bond motifs is 12. The third-order valence-corrected chi connectivity index (χ3v) is 26.8. The maximum Gasteiger partial charge on any atom is 0.319 e. The number of carbonyl (C=O) groups excluding carboxylic acids is 3. The van der Waals surface area contributed by atoms with Crippen molar-refractivity contribution in [2.75, 3.05) is 7.11 Å². The van der Waals surface area contributed by atoms with Crippen molar-refractivity contribution in [2.45, 2.75) is 162 Å². The van der Waals surface area contributed by atoms with Gasteiger partial charge in [0.15, 0.2) is 34.9 Å². The van der Waals surface area contributed by atoms with Gasteiger partial charge in [0.05, 0.1) is 65.9 Å². The summed E-state index contributed by atoms with van der Waals surface area (Å²) in [7, 11) is 1.33. The zero-order valence-electron chi connectivity index (χ0n) is 67.4. The van der Waals surface area contributed by atoms with Gasteiger partial charge in [-0.1, -0.05) is 103 Å². The van der Waals surface area contributed by atoms with Gasteiger partial charge in [-0.3, -0.25) is 34.3 Å². The van der Waals surface area contributed by atoms with E-state index in [0.29, 0.717) is 71.7 Å². The molecule has 8 aliphatic rings. The Kier molecular flexibility index (Phi) is 21.2. The number of allylic oxidation sites excluding steroid dienone is 8. The van der Waals surface area contributed by atoms with Crippen molar-refractivity contribution < 1.29 is 33.7 Å². The van der Waals surface area contributed by atoms with Crippen molar-refractivity contribution in [2.24, 2.45) is 46.8 Å². The third kappa shape index (κ3) is 13.5. The molecule has 12 atom stereocenters. The van der Waals surface area contributed by atoms with E-state index < -0.39 is 22.2 Å². The number of methoxy groups -OCH3 is 1. The largest absolute Gasteiger partial charge is 0.523 e. The molecular weight excluding hydrogens is 1450 g/mol. The molecule has 8 heterocycles. The van der Waals surface area contributed by atoms with E-state index in [1.807, 2.05) is 101 Å². The van der Waals surface area contributed by atoms with E-state index in [0.717, 1.165) is 129 Å². The van der Waals surface area contributed by atoms with Gasteiger partial charge in [0.1, 0.15) is 11.2 Å². The van der Waals surface area contributed by atoms with Crippen molar-refractivity contribution in [3.63, 3.8) is 0 Å². The van der Waals surface area contributed by atoms with Gasteiger partial charge < -0.3 is 14.9 Å². The molecule has 0 spiro atoms. The van der Waals surface area contributed by atoms with E-state index in [1.165, 1.54) is 30.4 Å². The van der Waals surface area contributed by atoms with Crippen molar-refractivity contribution >= 4 is 17.5 Å². The Hall–Kier alpha value is -12.4. The van der Waals surface area contributed by atoms with Crippen molar-refractivity contribution in [3.8, 4) is 68.1 Å². The van der Waals surface area contributed by atoms with Crippen LogP contribution in [0.15, 0.2) is 194 Å². The Morgan fingerprint density at radius 1 is 0.483 bits per heavy atom. The smallest absolute Gasteiger partial charge is 0.319 e. The molecule has 0 bridgehead atoms. The number of pyridine rings is 4. The van der Waals surface area contributed by atoms with Crippen LogP contribution >= 0.6 is 0 Å². The molecule has 0 fully saturated rings. The van der Waals surface area contributed by atoms with Crippen LogP contribution in [-0.2, 0) is 66.5 Å². The van der Waals surface area contributed by atoms with Gasteiger partial charge in [0.2, 0.25) is 11.4 Å². The lowest BCUT2D eigenvalue weighted by Gasteiger charge is -2.49. The summed E-state index contributed by atoms with van der Waals surface area (Å²) in [5, 5.41) is 21.3. The number of nitrogens with zero attached hydrogens (tertiary/aromatic N) is 14. The first-order chi connectivity index (χ1) is 55.7. The molecule has 0 radical (unpaired) electrons. The molecule has 21 heteroatoms. The summed E-state index contributed by atoms with van der Waals surface area (Å²) in [5.74, 6) is 2.56. The Balaban J connectivity index is 0.000000122. The first-order valence-corrected chi connectivity index (χ1v) is 39.9. The number of rotatable bonds is 7. The summed E-state index contributed by atoms with van der Waals surface area (Å²) in [6, 6.07) is 30.3.